The zero-order valence-electron chi connectivity index (χ0n) is 33.0. The second-order valence-electron chi connectivity index (χ2n) is 13.8. The average molecular weight is 945 g/mol. The summed E-state index contributed by atoms with van der Waals surface area (Å²) < 4.78 is 100. The van der Waals surface area contributed by atoms with Gasteiger partial charge in [-0.2, -0.15) is 26.7 Å². The smallest absolute Gasteiger partial charge is 0.484 e. The highest BCUT2D eigenvalue weighted by molar-refractivity contribution is 7.88. The SMILES string of the molecule is C.C.C.O=C(COc1ccccc1)N1CCc2[nH]nc(-c3ccc(F)cc3)c2C1.O=C(COc1ccccc1)N1CCc2[nH]nc(OS(=O)(=O)C(F)(F)F)c2C1.OB(O)c1ccc(F)cc1. The van der Waals surface area contributed by atoms with Crippen molar-refractivity contribution in [1.82, 2.24) is 30.2 Å². The summed E-state index contributed by atoms with van der Waals surface area (Å²) in [6.07, 6.45) is 0.968. The molecule has 0 bridgehead atoms. The topological polar surface area (TPSA) is 200 Å². The van der Waals surface area contributed by atoms with Gasteiger partial charge < -0.3 is 33.5 Å². The summed E-state index contributed by atoms with van der Waals surface area (Å²) in [5.41, 5.74) is -1.18. The van der Waals surface area contributed by atoms with Gasteiger partial charge in [0.25, 0.3) is 17.7 Å². The van der Waals surface area contributed by atoms with Gasteiger partial charge in [-0.25, -0.2) is 8.78 Å². The number of aromatic amines is 2. The number of benzene rings is 4. The minimum absolute atomic E-state index is 0. The van der Waals surface area contributed by atoms with Crippen LogP contribution in [0.4, 0.5) is 22.0 Å². The zero-order chi connectivity index (χ0) is 45.1. The summed E-state index contributed by atoms with van der Waals surface area (Å²) in [5, 5.41) is 30.4. The lowest BCUT2D eigenvalue weighted by atomic mass is 9.80. The highest BCUT2D eigenvalue weighted by Crippen LogP contribution is 2.32. The third-order valence-electron chi connectivity index (χ3n) is 9.50. The van der Waals surface area contributed by atoms with Crippen molar-refractivity contribution in [3.63, 3.8) is 0 Å². The van der Waals surface area contributed by atoms with E-state index in [1.165, 1.54) is 41.3 Å². The van der Waals surface area contributed by atoms with Crippen LogP contribution in [0.15, 0.2) is 109 Å². The number of para-hydroxylation sites is 2. The van der Waals surface area contributed by atoms with Crippen LogP contribution < -0.4 is 19.1 Å². The molecule has 4 N–H and O–H groups in total. The number of carbonyl (C=O) groups excluding carboxylic acids is 2. The molecular weight excluding hydrogens is 894 g/mol. The fourth-order valence-corrected chi connectivity index (χ4v) is 6.64. The Morgan fingerprint density at radius 2 is 1.11 bits per heavy atom. The van der Waals surface area contributed by atoms with Gasteiger partial charge in [-0.1, -0.05) is 70.8 Å². The lowest BCUT2D eigenvalue weighted by molar-refractivity contribution is -0.135. The lowest BCUT2D eigenvalue weighted by Gasteiger charge is -2.27. The number of halogens is 5. The van der Waals surface area contributed by atoms with Crippen molar-refractivity contribution in [1.29, 1.82) is 0 Å². The van der Waals surface area contributed by atoms with Crippen molar-refractivity contribution in [3.8, 4) is 28.6 Å². The number of carbonyl (C=O) groups is 2. The van der Waals surface area contributed by atoms with Crippen LogP contribution in [-0.4, -0.2) is 99.4 Å². The first-order valence-corrected chi connectivity index (χ1v) is 20.4. The number of alkyl halides is 3. The fourth-order valence-electron chi connectivity index (χ4n) is 6.20. The molecular formula is C44H50BF5N6O9S. The van der Waals surface area contributed by atoms with Crippen molar-refractivity contribution in [3.05, 3.63) is 143 Å². The van der Waals surface area contributed by atoms with E-state index in [0.717, 1.165) is 22.5 Å². The molecule has 2 aliphatic rings. The number of hydrogen-bond donors (Lipinski definition) is 4. The number of amides is 2. The van der Waals surface area contributed by atoms with Gasteiger partial charge in [0.1, 0.15) is 23.1 Å². The molecule has 354 valence electrons. The van der Waals surface area contributed by atoms with Crippen molar-refractivity contribution in [2.24, 2.45) is 0 Å². The maximum atomic E-state index is 13.2. The van der Waals surface area contributed by atoms with Gasteiger partial charge >= 0.3 is 22.7 Å². The first-order valence-electron chi connectivity index (χ1n) is 19.0. The van der Waals surface area contributed by atoms with E-state index in [4.69, 9.17) is 19.5 Å². The number of ether oxygens (including phenoxy) is 2. The average Bonchev–Trinajstić information content (AvgIpc) is 3.89. The van der Waals surface area contributed by atoms with E-state index in [2.05, 4.69) is 24.6 Å². The van der Waals surface area contributed by atoms with Crippen LogP contribution in [0, 0.1) is 11.6 Å². The molecule has 22 heteroatoms. The van der Waals surface area contributed by atoms with E-state index in [1.807, 2.05) is 30.3 Å². The molecule has 2 aromatic heterocycles. The molecule has 0 saturated heterocycles. The van der Waals surface area contributed by atoms with E-state index < -0.39 is 34.5 Å². The Balaban J connectivity index is 0.000000280. The van der Waals surface area contributed by atoms with E-state index in [9.17, 15) is 40.0 Å². The molecule has 0 fully saturated rings. The lowest BCUT2D eigenvalue weighted by Crippen LogP contribution is -2.39. The molecule has 15 nitrogen and oxygen atoms in total. The van der Waals surface area contributed by atoms with Crippen molar-refractivity contribution < 1.29 is 63.7 Å². The number of nitrogens with one attached hydrogen (secondary N) is 2. The molecule has 2 amide bonds. The molecule has 0 spiro atoms. The molecule has 0 saturated carbocycles. The van der Waals surface area contributed by atoms with Gasteiger partial charge in [-0.05, 0) is 66.1 Å². The van der Waals surface area contributed by atoms with Gasteiger partial charge in [0.05, 0.1) is 17.8 Å². The first-order chi connectivity index (χ1) is 30.1. The maximum Gasteiger partial charge on any atom is 0.534 e. The number of hydrogen-bond acceptors (Lipinski definition) is 11. The molecule has 66 heavy (non-hydrogen) atoms. The normalized spacial score (nSPS) is 12.7. The van der Waals surface area contributed by atoms with Crippen molar-refractivity contribution in [2.75, 3.05) is 26.3 Å². The van der Waals surface area contributed by atoms with E-state index >= 15 is 0 Å². The third-order valence-corrected chi connectivity index (χ3v) is 10.4. The fraction of sp³-hybridized carbons (Fsp3) is 0.273. The standard InChI is InChI=1S/C20H18FN3O2.C15H14F3N3O5S.C6H6BFO2.3CH4/c21-15-8-6-14(7-9-15)20-17-12-24(11-10-18(17)22-23-20)19(25)13-26-16-4-2-1-3-5-16;16-15(17,18)27(23,24)26-14-11-8-21(7-6-12(11)19-20-14)13(22)9-25-10-4-2-1-3-5-10;8-6-3-1-5(2-4-6)7(9)10;;;/h1-9H,10-13H2,(H,22,23);1-5H,6-9H2,(H,19,20);1-4,9-10H;3*1H4. The van der Waals surface area contributed by atoms with Crippen LogP contribution in [0.5, 0.6) is 17.4 Å². The Morgan fingerprint density at radius 1 is 0.667 bits per heavy atom. The van der Waals surface area contributed by atoms with Gasteiger partial charge in [0, 0.05) is 55.0 Å². The quantitative estimate of drug-likeness (QED) is 0.0528. The predicted molar refractivity (Wildman–Crippen MR) is 237 cm³/mol. The molecule has 2 aliphatic heterocycles. The highest BCUT2D eigenvalue weighted by atomic mass is 32.2. The zero-order valence-corrected chi connectivity index (χ0v) is 33.8. The van der Waals surface area contributed by atoms with E-state index in [-0.39, 0.29) is 78.1 Å². The summed E-state index contributed by atoms with van der Waals surface area (Å²) in [6, 6.07) is 29.1. The Labute approximate surface area is 379 Å². The number of rotatable bonds is 10. The van der Waals surface area contributed by atoms with Gasteiger partial charge in [-0.3, -0.25) is 19.8 Å². The van der Waals surface area contributed by atoms with Crippen LogP contribution in [0.3, 0.4) is 0 Å². The first kappa shape index (κ1) is 53.6. The van der Waals surface area contributed by atoms with Crippen molar-refractivity contribution >= 4 is 34.5 Å². The highest BCUT2D eigenvalue weighted by Gasteiger charge is 2.49. The molecule has 4 aromatic carbocycles. The number of nitrogens with zero attached hydrogens (tertiary/aromatic N) is 4. The summed E-state index contributed by atoms with van der Waals surface area (Å²) in [4.78, 5) is 27.9. The molecule has 0 aliphatic carbocycles. The minimum Gasteiger partial charge on any atom is -0.484 e. The monoisotopic (exact) mass is 944 g/mol. The molecule has 6 aromatic rings. The molecule has 8 rings (SSSR count). The largest absolute Gasteiger partial charge is 0.534 e. The third kappa shape index (κ3) is 14.1. The summed E-state index contributed by atoms with van der Waals surface area (Å²) >= 11 is 0. The van der Waals surface area contributed by atoms with Crippen LogP contribution in [0.25, 0.3) is 11.3 Å². The molecule has 0 unspecified atom stereocenters. The molecule has 4 heterocycles. The van der Waals surface area contributed by atoms with Gasteiger partial charge in [0.2, 0.25) is 0 Å². The second-order valence-corrected chi connectivity index (χ2v) is 15.3. The Bertz CT molecular complexity index is 2570. The van der Waals surface area contributed by atoms with E-state index in [0.29, 0.717) is 42.2 Å². The molecule has 0 atom stereocenters. The molecule has 0 radical (unpaired) electrons. The Morgan fingerprint density at radius 3 is 1.58 bits per heavy atom. The van der Waals surface area contributed by atoms with Crippen molar-refractivity contribution in [2.45, 2.75) is 53.7 Å². The maximum absolute atomic E-state index is 13.2. The van der Waals surface area contributed by atoms with Gasteiger partial charge in [-0.15, -0.1) is 5.10 Å². The van der Waals surface area contributed by atoms with Gasteiger partial charge in [0.15, 0.2) is 13.2 Å². The Hall–Kier alpha value is -6.78. The Kier molecular flexibility index (Phi) is 19.4. The van der Waals surface area contributed by atoms with Crippen LogP contribution in [0.1, 0.15) is 44.8 Å². The van der Waals surface area contributed by atoms with Crippen LogP contribution in [-0.2, 0) is 45.6 Å². The second kappa shape index (κ2) is 24.0. The number of H-pyrrole nitrogens is 2. The van der Waals surface area contributed by atoms with Crippen LogP contribution in [0.2, 0.25) is 0 Å². The summed E-state index contributed by atoms with van der Waals surface area (Å²) in [6.45, 7) is 0.949. The summed E-state index contributed by atoms with van der Waals surface area (Å²) in [7, 11) is -7.36. The minimum atomic E-state index is -5.85. The van der Waals surface area contributed by atoms with E-state index in [1.54, 1.807) is 47.4 Å². The summed E-state index contributed by atoms with van der Waals surface area (Å²) in [5.74, 6) is -0.691. The van der Waals surface area contributed by atoms with Crippen LogP contribution >= 0.6 is 0 Å². The number of fused-ring (bicyclic) bond motifs is 2. The number of aromatic nitrogens is 4. The predicted octanol–water partition coefficient (Wildman–Crippen LogP) is 6.20.